The molecular formula is C11H17IN2OS. The van der Waals surface area contributed by atoms with Crippen molar-refractivity contribution in [2.45, 2.75) is 30.4 Å². The average molecular weight is 352 g/mol. The highest BCUT2D eigenvalue weighted by Crippen LogP contribution is 2.31. The van der Waals surface area contributed by atoms with Crippen LogP contribution >= 0.6 is 11.8 Å². The van der Waals surface area contributed by atoms with E-state index >= 15 is 0 Å². The molecule has 0 aliphatic rings. The van der Waals surface area contributed by atoms with Crippen molar-refractivity contribution in [2.24, 2.45) is 12.2 Å². The normalized spacial score (nSPS) is 11.5. The first-order valence-corrected chi connectivity index (χ1v) is 5.60. The predicted octanol–water partition coefficient (Wildman–Crippen LogP) is -0.786. The fraction of sp³-hybridized carbons (Fsp3) is 0.455. The molecule has 1 heterocycles. The monoisotopic (exact) mass is 352 g/mol. The molecule has 0 radical (unpaired) electrons. The van der Waals surface area contributed by atoms with Gasteiger partial charge in [-0.2, -0.15) is 0 Å². The zero-order valence-electron chi connectivity index (χ0n) is 9.94. The lowest BCUT2D eigenvalue weighted by atomic mass is 10.3. The second-order valence-electron chi connectivity index (χ2n) is 4.36. The summed E-state index contributed by atoms with van der Waals surface area (Å²) in [6, 6.07) is 4.07. The molecule has 1 N–H and O–H groups in total. The van der Waals surface area contributed by atoms with E-state index in [2.05, 4.69) is 32.0 Å². The van der Waals surface area contributed by atoms with Crippen molar-refractivity contribution in [3.05, 3.63) is 24.0 Å². The highest BCUT2D eigenvalue weighted by atomic mass is 127. The average Bonchev–Trinajstić information content (AvgIpc) is 2.09. The Balaban J connectivity index is 0.00000225. The fourth-order valence-electron chi connectivity index (χ4n) is 1.17. The number of rotatable bonds is 2. The van der Waals surface area contributed by atoms with E-state index in [9.17, 15) is 0 Å². The first-order chi connectivity index (χ1) is 6.92. The molecule has 3 nitrogen and oxygen atoms in total. The number of aryl methyl sites for hydroxylation is 1. The molecule has 0 saturated heterocycles. The van der Waals surface area contributed by atoms with E-state index in [1.165, 1.54) is 11.1 Å². The minimum absolute atomic E-state index is 0. The molecule has 90 valence electrons. The van der Waals surface area contributed by atoms with Crippen LogP contribution in [0.2, 0.25) is 0 Å². The van der Waals surface area contributed by atoms with Crippen molar-refractivity contribution >= 4 is 18.0 Å². The lowest BCUT2D eigenvalue weighted by Gasteiger charge is -2.16. The van der Waals surface area contributed by atoms with Gasteiger partial charge in [-0.3, -0.25) is 0 Å². The summed E-state index contributed by atoms with van der Waals surface area (Å²) in [4.78, 5) is 1.18. The van der Waals surface area contributed by atoms with Gasteiger partial charge in [-0.15, -0.1) is 11.8 Å². The van der Waals surface area contributed by atoms with E-state index in [-0.39, 0.29) is 28.7 Å². The van der Waals surface area contributed by atoms with Crippen LogP contribution in [0, 0.1) is 0 Å². The number of hydrogen-bond acceptors (Lipinski definition) is 3. The number of aromatic nitrogens is 1. The van der Waals surface area contributed by atoms with Gasteiger partial charge in [0.05, 0.1) is 0 Å². The minimum Gasteiger partial charge on any atom is -1.00 e. The summed E-state index contributed by atoms with van der Waals surface area (Å²) in [5, 5.41) is 11.6. The Morgan fingerprint density at radius 3 is 2.56 bits per heavy atom. The minimum atomic E-state index is 0. The molecule has 1 aromatic heterocycles. The third kappa shape index (κ3) is 5.16. The third-order valence-electron chi connectivity index (χ3n) is 1.77. The van der Waals surface area contributed by atoms with Gasteiger partial charge >= 0.3 is 0 Å². The van der Waals surface area contributed by atoms with Gasteiger partial charge in [-0.1, -0.05) is 25.9 Å². The second kappa shape index (κ2) is 6.44. The highest BCUT2D eigenvalue weighted by molar-refractivity contribution is 8.00. The molecule has 0 aromatic carbocycles. The molecule has 1 aromatic rings. The largest absolute Gasteiger partial charge is 1.00 e. The van der Waals surface area contributed by atoms with Crippen molar-refractivity contribution in [3.8, 4) is 0 Å². The molecule has 0 spiro atoms. The molecule has 0 saturated carbocycles. The van der Waals surface area contributed by atoms with Gasteiger partial charge in [-0.25, -0.2) is 4.57 Å². The Morgan fingerprint density at radius 2 is 2.06 bits per heavy atom. The first kappa shape index (κ1) is 15.7. The molecule has 0 aliphatic carbocycles. The van der Waals surface area contributed by atoms with E-state index in [1.807, 2.05) is 23.9 Å². The Labute approximate surface area is 118 Å². The number of hydrogen-bond donors (Lipinski definition) is 1. The summed E-state index contributed by atoms with van der Waals surface area (Å²) in [6.07, 6.45) is 3.40. The molecule has 0 unspecified atom stereocenters. The van der Waals surface area contributed by atoms with Crippen LogP contribution in [0.1, 0.15) is 26.5 Å². The summed E-state index contributed by atoms with van der Waals surface area (Å²) >= 11 is 1.79. The maximum Gasteiger partial charge on any atom is 0.227 e. The Morgan fingerprint density at radius 1 is 1.44 bits per heavy atom. The number of nitrogens with zero attached hydrogens (tertiary/aromatic N) is 2. The van der Waals surface area contributed by atoms with E-state index < -0.39 is 0 Å². The third-order valence-corrected chi connectivity index (χ3v) is 2.88. The number of pyridine rings is 1. The fourth-order valence-corrected chi connectivity index (χ4v) is 2.19. The molecule has 0 amide bonds. The second-order valence-corrected chi connectivity index (χ2v) is 6.26. The number of thioether (sulfide) groups is 1. The maximum absolute atomic E-state index is 8.52. The number of oxime groups is 1. The van der Waals surface area contributed by atoms with Crippen LogP contribution in [0.3, 0.4) is 0 Å². The number of halogens is 1. The Hall–Kier alpha value is -0.300. The summed E-state index contributed by atoms with van der Waals surface area (Å²) < 4.78 is 2.10. The van der Waals surface area contributed by atoms with Gasteiger partial charge in [0.2, 0.25) is 5.69 Å². The molecule has 0 fully saturated rings. The smallest absolute Gasteiger partial charge is 0.227 e. The van der Waals surface area contributed by atoms with E-state index in [0.717, 1.165) is 5.69 Å². The molecule has 0 bridgehead atoms. The first-order valence-electron chi connectivity index (χ1n) is 4.78. The SMILES string of the molecule is C[n+]1ccc(SC(C)(C)C)cc1/C=N/O.[I-]. The zero-order valence-corrected chi connectivity index (χ0v) is 12.9. The lowest BCUT2D eigenvalue weighted by Crippen LogP contribution is -3.00. The predicted molar refractivity (Wildman–Crippen MR) is 62.6 cm³/mol. The van der Waals surface area contributed by atoms with Crippen LogP contribution in [-0.2, 0) is 7.05 Å². The summed E-state index contributed by atoms with van der Waals surface area (Å²) in [5.74, 6) is 0. The van der Waals surface area contributed by atoms with Gasteiger partial charge in [0.15, 0.2) is 6.20 Å². The summed E-state index contributed by atoms with van der Waals surface area (Å²) in [6.45, 7) is 6.51. The van der Waals surface area contributed by atoms with Gasteiger partial charge in [0.1, 0.15) is 13.3 Å². The zero-order chi connectivity index (χ0) is 11.5. The van der Waals surface area contributed by atoms with E-state index in [4.69, 9.17) is 5.21 Å². The highest BCUT2D eigenvalue weighted by Gasteiger charge is 2.14. The van der Waals surface area contributed by atoms with Crippen LogP contribution < -0.4 is 28.5 Å². The maximum atomic E-state index is 8.52. The van der Waals surface area contributed by atoms with Crippen molar-refractivity contribution in [3.63, 3.8) is 0 Å². The molecule has 1 rings (SSSR count). The molecular weight excluding hydrogens is 335 g/mol. The van der Waals surface area contributed by atoms with Crippen LogP contribution in [0.25, 0.3) is 0 Å². The van der Waals surface area contributed by atoms with Crippen molar-refractivity contribution in [1.29, 1.82) is 0 Å². The van der Waals surface area contributed by atoms with Crippen LogP contribution in [0.4, 0.5) is 0 Å². The van der Waals surface area contributed by atoms with Crippen LogP contribution in [-0.4, -0.2) is 16.2 Å². The topological polar surface area (TPSA) is 36.5 Å². The van der Waals surface area contributed by atoms with Gasteiger partial charge in [-0.05, 0) is 0 Å². The van der Waals surface area contributed by atoms with E-state index in [0.29, 0.717) is 0 Å². The van der Waals surface area contributed by atoms with Gasteiger partial charge in [0.25, 0.3) is 0 Å². The summed E-state index contributed by atoms with van der Waals surface area (Å²) in [7, 11) is 1.92. The molecule has 5 heteroatoms. The molecule has 16 heavy (non-hydrogen) atoms. The van der Waals surface area contributed by atoms with Crippen molar-refractivity contribution < 1.29 is 33.8 Å². The molecule has 0 aliphatic heterocycles. The Bertz CT molecular complexity index is 375. The molecule has 0 atom stereocenters. The van der Waals surface area contributed by atoms with Crippen LogP contribution in [0.5, 0.6) is 0 Å². The summed E-state index contributed by atoms with van der Waals surface area (Å²) in [5.41, 5.74) is 0.881. The van der Waals surface area contributed by atoms with Gasteiger partial charge in [0, 0.05) is 21.8 Å². The van der Waals surface area contributed by atoms with Crippen molar-refractivity contribution in [2.75, 3.05) is 0 Å². The van der Waals surface area contributed by atoms with Crippen molar-refractivity contribution in [1.82, 2.24) is 0 Å². The Kier molecular flexibility index (Phi) is 6.32. The lowest BCUT2D eigenvalue weighted by molar-refractivity contribution is -0.672. The standard InChI is InChI=1S/C11H16N2OS.HI/c1-11(2,3)15-10-5-6-13(4)9(7-10)8-12-14;/h5-8H,1-4H3;1H. The quantitative estimate of drug-likeness (QED) is 0.189. The van der Waals surface area contributed by atoms with Crippen LogP contribution in [0.15, 0.2) is 28.4 Å². The van der Waals surface area contributed by atoms with Gasteiger partial charge < -0.3 is 29.2 Å². The van der Waals surface area contributed by atoms with E-state index in [1.54, 1.807) is 11.8 Å².